The minimum absolute atomic E-state index is 0.145. The van der Waals surface area contributed by atoms with E-state index in [1.807, 2.05) is 25.1 Å². The highest BCUT2D eigenvalue weighted by Gasteiger charge is 2.06. The molecule has 0 heterocycles. The van der Waals surface area contributed by atoms with Gasteiger partial charge in [0.05, 0.1) is 4.92 Å². The number of nitro benzene ring substituents is 1. The SMILES string of the molecule is Cc1cccc2ccc([N+](=O)[O-])cc12. The Morgan fingerprint density at radius 3 is 2.71 bits per heavy atom. The second-order valence-corrected chi connectivity index (χ2v) is 3.24. The van der Waals surface area contributed by atoms with Gasteiger partial charge in [-0.25, -0.2) is 0 Å². The molecular formula is C11H9NO2. The van der Waals surface area contributed by atoms with Gasteiger partial charge < -0.3 is 0 Å². The summed E-state index contributed by atoms with van der Waals surface area (Å²) in [5, 5.41) is 12.5. The van der Waals surface area contributed by atoms with Gasteiger partial charge >= 0.3 is 0 Å². The summed E-state index contributed by atoms with van der Waals surface area (Å²) in [4.78, 5) is 10.2. The van der Waals surface area contributed by atoms with Crippen LogP contribution in [-0.4, -0.2) is 4.92 Å². The predicted octanol–water partition coefficient (Wildman–Crippen LogP) is 3.06. The quantitative estimate of drug-likeness (QED) is 0.508. The van der Waals surface area contributed by atoms with Crippen LogP contribution in [0, 0.1) is 17.0 Å². The van der Waals surface area contributed by atoms with E-state index in [1.54, 1.807) is 12.1 Å². The molecule has 3 nitrogen and oxygen atoms in total. The zero-order chi connectivity index (χ0) is 10.1. The monoisotopic (exact) mass is 187 g/mol. The summed E-state index contributed by atoms with van der Waals surface area (Å²) < 4.78 is 0. The highest BCUT2D eigenvalue weighted by Crippen LogP contribution is 2.23. The second kappa shape index (κ2) is 3.10. The summed E-state index contributed by atoms with van der Waals surface area (Å²) in [6, 6.07) is 10.8. The van der Waals surface area contributed by atoms with Crippen molar-refractivity contribution in [3.8, 4) is 0 Å². The lowest BCUT2D eigenvalue weighted by Crippen LogP contribution is -1.87. The van der Waals surface area contributed by atoms with E-state index in [1.165, 1.54) is 6.07 Å². The highest BCUT2D eigenvalue weighted by atomic mass is 16.6. The lowest BCUT2D eigenvalue weighted by atomic mass is 10.1. The van der Waals surface area contributed by atoms with Crippen LogP contribution in [0.5, 0.6) is 0 Å². The maximum absolute atomic E-state index is 10.6. The number of benzene rings is 2. The molecule has 0 radical (unpaired) electrons. The summed E-state index contributed by atoms with van der Waals surface area (Å²) in [6.07, 6.45) is 0. The van der Waals surface area contributed by atoms with Crippen LogP contribution in [-0.2, 0) is 0 Å². The van der Waals surface area contributed by atoms with E-state index in [4.69, 9.17) is 0 Å². The largest absolute Gasteiger partial charge is 0.270 e. The third kappa shape index (κ3) is 1.33. The zero-order valence-corrected chi connectivity index (χ0v) is 7.73. The molecular weight excluding hydrogens is 178 g/mol. The fourth-order valence-corrected chi connectivity index (χ4v) is 1.53. The fourth-order valence-electron chi connectivity index (χ4n) is 1.53. The maximum atomic E-state index is 10.6. The summed E-state index contributed by atoms with van der Waals surface area (Å²) in [6.45, 7) is 1.95. The van der Waals surface area contributed by atoms with E-state index >= 15 is 0 Å². The molecule has 0 saturated carbocycles. The Balaban J connectivity index is 2.76. The van der Waals surface area contributed by atoms with Crippen LogP contribution in [0.1, 0.15) is 5.56 Å². The van der Waals surface area contributed by atoms with Gasteiger partial charge in [-0.2, -0.15) is 0 Å². The molecule has 2 rings (SSSR count). The molecule has 2 aromatic carbocycles. The lowest BCUT2D eigenvalue weighted by Gasteiger charge is -2.00. The van der Waals surface area contributed by atoms with Gasteiger partial charge in [-0.05, 0) is 29.3 Å². The smallest absolute Gasteiger partial charge is 0.258 e. The molecule has 0 spiro atoms. The second-order valence-electron chi connectivity index (χ2n) is 3.24. The minimum Gasteiger partial charge on any atom is -0.258 e. The molecule has 0 fully saturated rings. The average Bonchev–Trinajstić information content (AvgIpc) is 2.18. The van der Waals surface area contributed by atoms with Crippen LogP contribution in [0.25, 0.3) is 10.8 Å². The van der Waals surface area contributed by atoms with Crippen molar-refractivity contribution >= 4 is 16.5 Å². The molecule has 0 unspecified atom stereocenters. The van der Waals surface area contributed by atoms with Crippen molar-refractivity contribution in [3.63, 3.8) is 0 Å². The van der Waals surface area contributed by atoms with Gasteiger partial charge in [0.2, 0.25) is 0 Å². The normalized spacial score (nSPS) is 10.4. The molecule has 0 aliphatic heterocycles. The van der Waals surface area contributed by atoms with Crippen molar-refractivity contribution in [2.75, 3.05) is 0 Å². The average molecular weight is 187 g/mol. The van der Waals surface area contributed by atoms with Gasteiger partial charge in [0.1, 0.15) is 0 Å². The van der Waals surface area contributed by atoms with Gasteiger partial charge in [-0.3, -0.25) is 10.1 Å². The van der Waals surface area contributed by atoms with E-state index in [-0.39, 0.29) is 10.6 Å². The Hall–Kier alpha value is -1.90. The van der Waals surface area contributed by atoms with Gasteiger partial charge in [0, 0.05) is 12.1 Å². The number of nitrogens with zero attached hydrogens (tertiary/aromatic N) is 1. The molecule has 0 aliphatic rings. The van der Waals surface area contributed by atoms with Crippen LogP contribution in [0.2, 0.25) is 0 Å². The van der Waals surface area contributed by atoms with Crippen molar-refractivity contribution in [2.45, 2.75) is 6.92 Å². The highest BCUT2D eigenvalue weighted by molar-refractivity contribution is 5.87. The Kier molecular flexibility index (Phi) is 1.93. The van der Waals surface area contributed by atoms with Gasteiger partial charge in [-0.1, -0.05) is 18.2 Å². The molecule has 0 N–H and O–H groups in total. The molecule has 2 aromatic rings. The molecule has 0 amide bonds. The van der Waals surface area contributed by atoms with E-state index in [0.717, 1.165) is 16.3 Å². The van der Waals surface area contributed by atoms with Crippen LogP contribution in [0.15, 0.2) is 36.4 Å². The standard InChI is InChI=1S/C11H9NO2/c1-8-3-2-4-9-5-6-10(12(13)14)7-11(8)9/h2-7H,1H3. The number of hydrogen-bond donors (Lipinski definition) is 0. The first-order valence-corrected chi connectivity index (χ1v) is 4.32. The molecule has 0 bridgehead atoms. The molecule has 0 aromatic heterocycles. The molecule has 70 valence electrons. The first-order valence-electron chi connectivity index (χ1n) is 4.32. The lowest BCUT2D eigenvalue weighted by molar-refractivity contribution is -0.384. The molecule has 3 heteroatoms. The van der Waals surface area contributed by atoms with E-state index in [2.05, 4.69) is 0 Å². The third-order valence-corrected chi connectivity index (χ3v) is 2.29. The number of fused-ring (bicyclic) bond motifs is 1. The van der Waals surface area contributed by atoms with Gasteiger partial charge in [0.15, 0.2) is 0 Å². The summed E-state index contributed by atoms with van der Waals surface area (Å²) >= 11 is 0. The van der Waals surface area contributed by atoms with Crippen LogP contribution in [0.4, 0.5) is 5.69 Å². The zero-order valence-electron chi connectivity index (χ0n) is 7.73. The van der Waals surface area contributed by atoms with Gasteiger partial charge in [-0.15, -0.1) is 0 Å². The molecule has 0 saturated heterocycles. The number of nitro groups is 1. The van der Waals surface area contributed by atoms with Crippen molar-refractivity contribution in [1.29, 1.82) is 0 Å². The van der Waals surface area contributed by atoms with Crippen LogP contribution >= 0.6 is 0 Å². The first-order chi connectivity index (χ1) is 6.68. The van der Waals surface area contributed by atoms with E-state index in [0.29, 0.717) is 0 Å². The maximum Gasteiger partial charge on any atom is 0.270 e. The van der Waals surface area contributed by atoms with E-state index < -0.39 is 0 Å². The van der Waals surface area contributed by atoms with Crippen molar-refractivity contribution < 1.29 is 4.92 Å². The predicted molar refractivity (Wildman–Crippen MR) is 55.3 cm³/mol. The topological polar surface area (TPSA) is 43.1 Å². The summed E-state index contributed by atoms with van der Waals surface area (Å²) in [5.74, 6) is 0. The van der Waals surface area contributed by atoms with Crippen LogP contribution in [0.3, 0.4) is 0 Å². The Morgan fingerprint density at radius 1 is 1.21 bits per heavy atom. The van der Waals surface area contributed by atoms with Crippen molar-refractivity contribution in [1.82, 2.24) is 0 Å². The van der Waals surface area contributed by atoms with E-state index in [9.17, 15) is 10.1 Å². The fraction of sp³-hybridized carbons (Fsp3) is 0.0909. The molecule has 14 heavy (non-hydrogen) atoms. The summed E-state index contributed by atoms with van der Waals surface area (Å²) in [7, 11) is 0. The minimum atomic E-state index is -0.369. The number of rotatable bonds is 1. The Bertz CT molecular complexity index is 506. The first kappa shape index (κ1) is 8.69. The third-order valence-electron chi connectivity index (χ3n) is 2.29. The van der Waals surface area contributed by atoms with Crippen molar-refractivity contribution in [2.24, 2.45) is 0 Å². The van der Waals surface area contributed by atoms with Crippen LogP contribution < -0.4 is 0 Å². The summed E-state index contributed by atoms with van der Waals surface area (Å²) in [5.41, 5.74) is 1.21. The number of aryl methyl sites for hydroxylation is 1. The Morgan fingerprint density at radius 2 is 2.00 bits per heavy atom. The Labute approximate surface area is 81.1 Å². The molecule has 0 atom stereocenters. The van der Waals surface area contributed by atoms with Crippen molar-refractivity contribution in [3.05, 3.63) is 52.1 Å². The molecule has 0 aliphatic carbocycles. The number of non-ortho nitro benzene ring substituents is 1. The van der Waals surface area contributed by atoms with Gasteiger partial charge in [0.25, 0.3) is 5.69 Å². The number of hydrogen-bond acceptors (Lipinski definition) is 2.